The van der Waals surface area contributed by atoms with E-state index in [-0.39, 0.29) is 23.8 Å². The van der Waals surface area contributed by atoms with Gasteiger partial charge in [-0.05, 0) is 37.0 Å². The summed E-state index contributed by atoms with van der Waals surface area (Å²) in [5.41, 5.74) is 6.96. The molecular weight excluding hydrogens is 189 g/mol. The molecule has 0 atom stereocenters. The Bertz CT molecular complexity index is 279. The van der Waals surface area contributed by atoms with Crippen molar-refractivity contribution in [2.24, 2.45) is 5.73 Å². The van der Waals surface area contributed by atoms with E-state index in [2.05, 4.69) is 0 Å². The van der Waals surface area contributed by atoms with E-state index in [0.29, 0.717) is 0 Å². The van der Waals surface area contributed by atoms with Crippen molar-refractivity contribution >= 4 is 12.4 Å². The number of benzene rings is 1. The Hall–Kier alpha value is -0.600. The third-order valence-electron chi connectivity index (χ3n) is 2.66. The van der Waals surface area contributed by atoms with Gasteiger partial charge in [-0.3, -0.25) is 0 Å². The average molecular weight is 202 g/mol. The molecule has 1 aromatic carbocycles. The van der Waals surface area contributed by atoms with Crippen LogP contribution in [0.2, 0.25) is 0 Å². The number of hydrogen-bond acceptors (Lipinski definition) is 1. The van der Waals surface area contributed by atoms with Crippen LogP contribution in [-0.4, -0.2) is 0 Å². The van der Waals surface area contributed by atoms with E-state index in [1.807, 2.05) is 0 Å². The van der Waals surface area contributed by atoms with Gasteiger partial charge in [0.25, 0.3) is 0 Å². The van der Waals surface area contributed by atoms with Gasteiger partial charge in [0.2, 0.25) is 0 Å². The van der Waals surface area contributed by atoms with Crippen LogP contribution in [-0.2, 0) is 5.54 Å². The molecular formula is C10H13ClFN. The molecule has 2 N–H and O–H groups in total. The predicted octanol–water partition coefficient (Wildman–Crippen LogP) is 2.59. The van der Waals surface area contributed by atoms with E-state index in [9.17, 15) is 4.39 Å². The molecule has 72 valence electrons. The Morgan fingerprint density at radius 2 is 1.69 bits per heavy atom. The van der Waals surface area contributed by atoms with Gasteiger partial charge >= 0.3 is 0 Å². The van der Waals surface area contributed by atoms with Crippen molar-refractivity contribution in [1.82, 2.24) is 0 Å². The molecule has 1 nitrogen and oxygen atoms in total. The van der Waals surface area contributed by atoms with Crippen LogP contribution in [0.15, 0.2) is 24.3 Å². The van der Waals surface area contributed by atoms with Gasteiger partial charge in [0, 0.05) is 5.54 Å². The molecule has 0 aliphatic heterocycles. The molecule has 0 amide bonds. The molecule has 13 heavy (non-hydrogen) atoms. The van der Waals surface area contributed by atoms with Crippen molar-refractivity contribution in [1.29, 1.82) is 0 Å². The normalized spacial score (nSPS) is 18.6. The number of halogens is 2. The molecule has 1 fully saturated rings. The maximum atomic E-state index is 12.6. The SMILES string of the molecule is Cl.NC1(c2ccc(F)cc2)CCC1. The van der Waals surface area contributed by atoms with Gasteiger partial charge in [-0.25, -0.2) is 4.39 Å². The summed E-state index contributed by atoms with van der Waals surface area (Å²) in [7, 11) is 0. The zero-order chi connectivity index (χ0) is 8.60. The lowest BCUT2D eigenvalue weighted by Crippen LogP contribution is -2.43. The first-order chi connectivity index (χ1) is 5.71. The van der Waals surface area contributed by atoms with Crippen molar-refractivity contribution in [3.8, 4) is 0 Å². The summed E-state index contributed by atoms with van der Waals surface area (Å²) in [5.74, 6) is -0.193. The Morgan fingerprint density at radius 1 is 1.15 bits per heavy atom. The summed E-state index contributed by atoms with van der Waals surface area (Å²) in [6.45, 7) is 0. The summed E-state index contributed by atoms with van der Waals surface area (Å²) in [5, 5.41) is 0. The average Bonchev–Trinajstić information content (AvgIpc) is 2.02. The molecule has 0 aromatic heterocycles. The molecule has 0 saturated heterocycles. The minimum absolute atomic E-state index is 0. The molecule has 0 unspecified atom stereocenters. The van der Waals surface area contributed by atoms with Gasteiger partial charge in [-0.15, -0.1) is 12.4 Å². The Morgan fingerprint density at radius 3 is 2.08 bits per heavy atom. The summed E-state index contributed by atoms with van der Waals surface area (Å²) in [6, 6.07) is 6.52. The minimum atomic E-state index is -0.193. The highest BCUT2D eigenvalue weighted by Gasteiger charge is 2.33. The molecule has 1 aliphatic carbocycles. The third-order valence-corrected chi connectivity index (χ3v) is 2.66. The third kappa shape index (κ3) is 1.84. The first-order valence-corrected chi connectivity index (χ1v) is 4.26. The Labute approximate surface area is 83.5 Å². The van der Waals surface area contributed by atoms with Gasteiger partial charge in [-0.2, -0.15) is 0 Å². The van der Waals surface area contributed by atoms with Gasteiger partial charge in [0.1, 0.15) is 5.82 Å². The van der Waals surface area contributed by atoms with Crippen molar-refractivity contribution < 1.29 is 4.39 Å². The molecule has 3 heteroatoms. The van der Waals surface area contributed by atoms with Crippen LogP contribution >= 0.6 is 12.4 Å². The van der Waals surface area contributed by atoms with Crippen LogP contribution in [0.1, 0.15) is 24.8 Å². The first-order valence-electron chi connectivity index (χ1n) is 4.26. The second kappa shape index (κ2) is 3.64. The van der Waals surface area contributed by atoms with Gasteiger partial charge in [0.15, 0.2) is 0 Å². The highest BCUT2D eigenvalue weighted by molar-refractivity contribution is 5.85. The fourth-order valence-corrected chi connectivity index (χ4v) is 1.63. The zero-order valence-corrected chi connectivity index (χ0v) is 8.11. The molecule has 0 spiro atoms. The molecule has 0 bridgehead atoms. The highest BCUT2D eigenvalue weighted by Crippen LogP contribution is 2.38. The van der Waals surface area contributed by atoms with Gasteiger partial charge in [-0.1, -0.05) is 12.1 Å². The van der Waals surface area contributed by atoms with E-state index >= 15 is 0 Å². The van der Waals surface area contributed by atoms with E-state index in [1.54, 1.807) is 12.1 Å². The maximum absolute atomic E-state index is 12.6. The van der Waals surface area contributed by atoms with Gasteiger partial charge < -0.3 is 5.73 Å². The maximum Gasteiger partial charge on any atom is 0.123 e. The molecule has 2 rings (SSSR count). The van der Waals surface area contributed by atoms with Crippen molar-refractivity contribution in [2.75, 3.05) is 0 Å². The molecule has 1 saturated carbocycles. The molecule has 1 aromatic rings. The van der Waals surface area contributed by atoms with Crippen LogP contribution in [0.25, 0.3) is 0 Å². The lowest BCUT2D eigenvalue weighted by molar-refractivity contribution is 0.253. The zero-order valence-electron chi connectivity index (χ0n) is 7.29. The number of nitrogens with two attached hydrogens (primary N) is 1. The van der Waals surface area contributed by atoms with E-state index in [4.69, 9.17) is 5.73 Å². The van der Waals surface area contributed by atoms with Crippen LogP contribution in [0, 0.1) is 5.82 Å². The van der Waals surface area contributed by atoms with Crippen LogP contribution in [0.3, 0.4) is 0 Å². The largest absolute Gasteiger partial charge is 0.321 e. The quantitative estimate of drug-likeness (QED) is 0.743. The summed E-state index contributed by atoms with van der Waals surface area (Å²) in [4.78, 5) is 0. The smallest absolute Gasteiger partial charge is 0.123 e. The minimum Gasteiger partial charge on any atom is -0.321 e. The Balaban J connectivity index is 0.000000845. The van der Waals surface area contributed by atoms with E-state index < -0.39 is 0 Å². The van der Waals surface area contributed by atoms with Crippen molar-refractivity contribution in [2.45, 2.75) is 24.8 Å². The van der Waals surface area contributed by atoms with E-state index in [0.717, 1.165) is 18.4 Å². The summed E-state index contributed by atoms with van der Waals surface area (Å²) in [6.07, 6.45) is 3.24. The topological polar surface area (TPSA) is 26.0 Å². The summed E-state index contributed by atoms with van der Waals surface area (Å²) < 4.78 is 12.6. The van der Waals surface area contributed by atoms with Crippen molar-refractivity contribution in [3.63, 3.8) is 0 Å². The van der Waals surface area contributed by atoms with Crippen molar-refractivity contribution in [3.05, 3.63) is 35.6 Å². The fourth-order valence-electron chi connectivity index (χ4n) is 1.63. The Kier molecular flexibility index (Phi) is 2.94. The monoisotopic (exact) mass is 201 g/mol. The highest BCUT2D eigenvalue weighted by atomic mass is 35.5. The van der Waals surface area contributed by atoms with Crippen LogP contribution < -0.4 is 5.73 Å². The number of rotatable bonds is 1. The second-order valence-electron chi connectivity index (χ2n) is 3.52. The van der Waals surface area contributed by atoms with E-state index in [1.165, 1.54) is 18.6 Å². The summed E-state index contributed by atoms with van der Waals surface area (Å²) >= 11 is 0. The van der Waals surface area contributed by atoms with Crippen LogP contribution in [0.4, 0.5) is 4.39 Å². The predicted molar refractivity (Wildman–Crippen MR) is 53.4 cm³/mol. The molecule has 0 radical (unpaired) electrons. The second-order valence-corrected chi connectivity index (χ2v) is 3.52. The first kappa shape index (κ1) is 10.5. The fraction of sp³-hybridized carbons (Fsp3) is 0.400. The lowest BCUT2D eigenvalue weighted by Gasteiger charge is -2.38. The van der Waals surface area contributed by atoms with Gasteiger partial charge in [0.05, 0.1) is 0 Å². The lowest BCUT2D eigenvalue weighted by atomic mass is 9.73. The standard InChI is InChI=1S/C10H12FN.ClH/c11-9-4-2-8(3-5-9)10(12)6-1-7-10;/h2-5H,1,6-7,12H2;1H. The number of hydrogen-bond donors (Lipinski definition) is 1. The molecule has 0 heterocycles. The van der Waals surface area contributed by atoms with Crippen LogP contribution in [0.5, 0.6) is 0 Å². The molecule has 1 aliphatic rings.